The number of fused-ring (bicyclic) bond motifs is 2. The second kappa shape index (κ2) is 8.97. The maximum absolute atomic E-state index is 13.5. The average Bonchev–Trinajstić information content (AvgIpc) is 3.20. The van der Waals surface area contributed by atoms with Crippen LogP contribution in [-0.4, -0.2) is 56.6 Å². The average molecular weight is 497 g/mol. The summed E-state index contributed by atoms with van der Waals surface area (Å²) in [5.74, 6) is 0.244. The molecule has 3 heterocycles. The number of piperidine rings is 1. The largest absolute Gasteiger partial charge is 0.416 e. The fourth-order valence-corrected chi connectivity index (χ4v) is 5.22. The maximum Gasteiger partial charge on any atom is 0.416 e. The molecule has 0 saturated carbocycles. The van der Waals surface area contributed by atoms with Crippen LogP contribution in [0.3, 0.4) is 0 Å². The first-order valence-electron chi connectivity index (χ1n) is 11.9. The number of halogens is 3. The number of carbonyl (C=O) groups is 1. The number of aliphatic hydroxyl groups excluding tert-OH is 1. The number of rotatable bonds is 4. The van der Waals surface area contributed by atoms with E-state index in [1.54, 1.807) is 0 Å². The Labute approximate surface area is 207 Å². The molecular weight excluding hydrogens is 469 g/mol. The van der Waals surface area contributed by atoms with Crippen molar-refractivity contribution in [2.45, 2.75) is 45.3 Å². The van der Waals surface area contributed by atoms with Gasteiger partial charge >= 0.3 is 6.18 Å². The molecule has 2 atom stereocenters. The Morgan fingerprint density at radius 3 is 2.64 bits per heavy atom. The van der Waals surface area contributed by atoms with Crippen LogP contribution in [0.15, 0.2) is 53.9 Å². The van der Waals surface area contributed by atoms with Gasteiger partial charge in [0.25, 0.3) is 0 Å². The summed E-state index contributed by atoms with van der Waals surface area (Å²) in [5.41, 5.74) is 4.07. The Morgan fingerprint density at radius 2 is 1.94 bits per heavy atom. The summed E-state index contributed by atoms with van der Waals surface area (Å²) in [6.45, 7) is 7.22. The van der Waals surface area contributed by atoms with Gasteiger partial charge in [0.1, 0.15) is 0 Å². The van der Waals surface area contributed by atoms with Gasteiger partial charge in [-0.05, 0) is 68.2 Å². The first kappa shape index (κ1) is 24.4. The fourth-order valence-electron chi connectivity index (χ4n) is 5.22. The number of aromatic nitrogens is 2. The Morgan fingerprint density at radius 1 is 1.17 bits per heavy atom. The van der Waals surface area contributed by atoms with Crippen molar-refractivity contribution in [1.29, 1.82) is 0 Å². The molecule has 1 unspecified atom stereocenters. The van der Waals surface area contributed by atoms with Crippen molar-refractivity contribution in [2.75, 3.05) is 19.7 Å². The highest BCUT2D eigenvalue weighted by Gasteiger charge is 2.41. The van der Waals surface area contributed by atoms with E-state index >= 15 is 0 Å². The topological polar surface area (TPSA) is 69.6 Å². The number of hydrazine groups is 1. The van der Waals surface area contributed by atoms with Gasteiger partial charge in [-0.1, -0.05) is 12.1 Å². The molecule has 2 aliphatic heterocycles. The van der Waals surface area contributed by atoms with Gasteiger partial charge < -0.3 is 10.1 Å². The Kier molecular flexibility index (Phi) is 6.08. The fraction of sp³-hybridized carbons (Fsp3) is 0.370. The molecule has 0 amide bonds. The molecule has 1 fully saturated rings. The van der Waals surface area contributed by atoms with E-state index in [4.69, 9.17) is 0 Å². The highest BCUT2D eigenvalue weighted by atomic mass is 19.4. The molecule has 5 rings (SSSR count). The normalized spacial score (nSPS) is 19.8. The molecule has 3 aromatic rings. The molecule has 0 bridgehead atoms. The van der Waals surface area contributed by atoms with Crippen molar-refractivity contribution < 1.29 is 23.1 Å². The molecule has 1 saturated heterocycles. The molecule has 1 N–H and O–H groups in total. The zero-order chi connectivity index (χ0) is 25.8. The lowest BCUT2D eigenvalue weighted by molar-refractivity contribution is -0.137. The third-order valence-corrected chi connectivity index (χ3v) is 7.13. The maximum atomic E-state index is 13.5. The van der Waals surface area contributed by atoms with Crippen LogP contribution in [0.5, 0.6) is 0 Å². The smallest absolute Gasteiger partial charge is 0.395 e. The van der Waals surface area contributed by atoms with Gasteiger partial charge in [-0.25, -0.2) is 15.0 Å². The van der Waals surface area contributed by atoms with E-state index in [9.17, 15) is 23.1 Å². The van der Waals surface area contributed by atoms with Crippen LogP contribution in [0, 0.1) is 6.92 Å². The van der Waals surface area contributed by atoms with Crippen molar-refractivity contribution in [3.8, 4) is 11.4 Å². The van der Waals surface area contributed by atoms with Gasteiger partial charge in [0, 0.05) is 36.3 Å². The molecular formula is C27H27F3N4O2. The molecule has 6 nitrogen and oxygen atoms in total. The van der Waals surface area contributed by atoms with E-state index in [0.717, 1.165) is 40.1 Å². The molecule has 1 aromatic heterocycles. The minimum absolute atomic E-state index is 0.0234. The zero-order valence-electron chi connectivity index (χ0n) is 20.3. The minimum Gasteiger partial charge on any atom is -0.395 e. The van der Waals surface area contributed by atoms with Crippen LogP contribution < -0.4 is 0 Å². The third-order valence-electron chi connectivity index (χ3n) is 7.13. The number of allylic oxidation sites excluding steroid dienone is 1. The van der Waals surface area contributed by atoms with E-state index < -0.39 is 11.7 Å². The van der Waals surface area contributed by atoms with E-state index in [1.807, 2.05) is 44.0 Å². The van der Waals surface area contributed by atoms with Gasteiger partial charge in [0.15, 0.2) is 11.6 Å². The van der Waals surface area contributed by atoms with E-state index in [0.29, 0.717) is 36.2 Å². The minimum atomic E-state index is -4.42. The number of carbonyl (C=O) groups excluding carboxylic acids is 1. The number of hydrogen-bond donors (Lipinski definition) is 1. The van der Waals surface area contributed by atoms with Gasteiger partial charge in [0.2, 0.25) is 0 Å². The molecule has 2 aromatic carbocycles. The van der Waals surface area contributed by atoms with Crippen LogP contribution in [-0.2, 0) is 11.0 Å². The summed E-state index contributed by atoms with van der Waals surface area (Å²) in [6.07, 6.45) is -2.35. The van der Waals surface area contributed by atoms with Crippen molar-refractivity contribution in [1.82, 2.24) is 20.0 Å². The van der Waals surface area contributed by atoms with Crippen molar-refractivity contribution in [3.05, 3.63) is 70.6 Å². The summed E-state index contributed by atoms with van der Waals surface area (Å²) in [6, 6.07) is 9.09. The standard InChI is InChI=1S/C27H27F3N4O2/c1-15-10-18(26-31-12-19-11-20(27(28,29)30)5-7-23(19)32-26)4-6-21(15)22-8-9-33-24(25(22)36)16(2)13-34(33)17(3)14-35/h4-7,10-12,17,22,35H,8-9,13-14H2,1-3H3/t17?,22-/m1/s1. The van der Waals surface area contributed by atoms with E-state index in [-0.39, 0.29) is 24.3 Å². The first-order valence-corrected chi connectivity index (χ1v) is 11.9. The molecule has 9 heteroatoms. The molecule has 36 heavy (non-hydrogen) atoms. The Hall–Kier alpha value is -3.30. The SMILES string of the molecule is CC1=C2C(=O)[C@@H](c3ccc(-c4ncc5cc(C(F)(F)F)ccc5n4)cc3C)CCN2N(C(C)CO)C1. The lowest BCUT2D eigenvalue weighted by Gasteiger charge is -2.40. The molecule has 188 valence electrons. The van der Waals surface area contributed by atoms with Crippen LogP contribution in [0.1, 0.15) is 42.9 Å². The second-order valence-electron chi connectivity index (χ2n) is 9.62. The zero-order valence-corrected chi connectivity index (χ0v) is 20.3. The predicted molar refractivity (Wildman–Crippen MR) is 130 cm³/mol. The molecule has 0 spiro atoms. The highest BCUT2D eigenvalue weighted by Crippen LogP contribution is 2.39. The van der Waals surface area contributed by atoms with Crippen molar-refractivity contribution in [3.63, 3.8) is 0 Å². The van der Waals surface area contributed by atoms with Crippen LogP contribution >= 0.6 is 0 Å². The molecule has 2 aliphatic rings. The van der Waals surface area contributed by atoms with Gasteiger partial charge in [0.05, 0.1) is 29.3 Å². The van der Waals surface area contributed by atoms with E-state index in [2.05, 4.69) is 15.0 Å². The summed E-state index contributed by atoms with van der Waals surface area (Å²) >= 11 is 0. The summed E-state index contributed by atoms with van der Waals surface area (Å²) < 4.78 is 39.0. The summed E-state index contributed by atoms with van der Waals surface area (Å²) in [5, 5.41) is 14.0. The predicted octanol–water partition coefficient (Wildman–Crippen LogP) is 4.87. The van der Waals surface area contributed by atoms with E-state index in [1.165, 1.54) is 12.3 Å². The number of ketones is 1. The van der Waals surface area contributed by atoms with Crippen molar-refractivity contribution in [2.24, 2.45) is 0 Å². The van der Waals surface area contributed by atoms with Crippen LogP contribution in [0.4, 0.5) is 13.2 Å². The van der Waals surface area contributed by atoms with Crippen LogP contribution in [0.25, 0.3) is 22.3 Å². The number of aliphatic hydroxyl groups is 1. The highest BCUT2D eigenvalue weighted by molar-refractivity contribution is 6.01. The Balaban J connectivity index is 1.41. The number of alkyl halides is 3. The number of benzene rings is 2. The first-order chi connectivity index (χ1) is 17.1. The monoisotopic (exact) mass is 496 g/mol. The summed E-state index contributed by atoms with van der Waals surface area (Å²) in [4.78, 5) is 22.3. The quantitative estimate of drug-likeness (QED) is 0.556. The summed E-state index contributed by atoms with van der Waals surface area (Å²) in [7, 11) is 0. The Bertz CT molecular complexity index is 1390. The van der Waals surface area contributed by atoms with Gasteiger partial charge in [-0.3, -0.25) is 4.79 Å². The number of Topliss-reactive ketones (excluding diaryl/α,β-unsaturated/α-hetero) is 1. The second-order valence-corrected chi connectivity index (χ2v) is 9.62. The van der Waals surface area contributed by atoms with Crippen molar-refractivity contribution >= 4 is 16.7 Å². The molecule has 0 radical (unpaired) electrons. The third kappa shape index (κ3) is 4.16. The molecule has 0 aliphatic carbocycles. The number of nitrogens with zero attached hydrogens (tertiary/aromatic N) is 4. The number of aryl methyl sites for hydroxylation is 1. The van der Waals surface area contributed by atoms with Gasteiger partial charge in [-0.15, -0.1) is 0 Å². The lowest BCUT2D eigenvalue weighted by atomic mass is 9.83. The van der Waals surface area contributed by atoms with Crippen LogP contribution in [0.2, 0.25) is 0 Å². The number of hydrogen-bond acceptors (Lipinski definition) is 6. The van der Waals surface area contributed by atoms with Gasteiger partial charge in [-0.2, -0.15) is 13.2 Å². The lowest BCUT2D eigenvalue weighted by Crippen LogP contribution is -2.49.